The van der Waals surface area contributed by atoms with Crippen LogP contribution in [0.4, 0.5) is 5.69 Å². The molecule has 2 aromatic carbocycles. The van der Waals surface area contributed by atoms with Crippen molar-refractivity contribution in [1.29, 1.82) is 0 Å². The molecule has 0 saturated carbocycles. The van der Waals surface area contributed by atoms with E-state index in [9.17, 15) is 15.2 Å². The van der Waals surface area contributed by atoms with Gasteiger partial charge >= 0.3 is 0 Å². The minimum atomic E-state index is -0.349. The third kappa shape index (κ3) is 4.56. The van der Waals surface area contributed by atoms with Crippen LogP contribution in [0.5, 0.6) is 5.75 Å². The van der Waals surface area contributed by atoms with Crippen molar-refractivity contribution in [2.75, 3.05) is 0 Å². The number of nitrogens with zero attached hydrogens (tertiary/aromatic N) is 1. The van der Waals surface area contributed by atoms with E-state index in [1.807, 2.05) is 18.2 Å². The molecular weight excluding hydrogens is 280 g/mol. The van der Waals surface area contributed by atoms with Gasteiger partial charge in [-0.15, -0.1) is 0 Å². The summed E-state index contributed by atoms with van der Waals surface area (Å²) in [5.41, 5.74) is 2.02. The van der Waals surface area contributed by atoms with Crippen molar-refractivity contribution in [3.05, 3.63) is 69.8 Å². The Morgan fingerprint density at radius 3 is 2.55 bits per heavy atom. The van der Waals surface area contributed by atoms with Crippen molar-refractivity contribution in [2.24, 2.45) is 0 Å². The van der Waals surface area contributed by atoms with Crippen molar-refractivity contribution in [3.63, 3.8) is 0 Å². The number of para-hydroxylation sites is 1. The Morgan fingerprint density at radius 2 is 1.86 bits per heavy atom. The zero-order valence-electron chi connectivity index (χ0n) is 12.5. The van der Waals surface area contributed by atoms with E-state index in [0.717, 1.165) is 18.4 Å². The number of aryl methyl sites for hydroxylation is 1. The zero-order chi connectivity index (χ0) is 15.9. The molecule has 116 valence electrons. The lowest BCUT2D eigenvalue weighted by molar-refractivity contribution is -0.385. The summed E-state index contributed by atoms with van der Waals surface area (Å²) < 4.78 is 0. The summed E-state index contributed by atoms with van der Waals surface area (Å²) in [4.78, 5) is 10.6. The third-order valence-corrected chi connectivity index (χ3v) is 3.63. The maximum atomic E-state index is 11.0. The second-order valence-corrected chi connectivity index (χ2v) is 5.37. The molecule has 0 saturated heterocycles. The Hall–Kier alpha value is -2.40. The highest BCUT2D eigenvalue weighted by molar-refractivity contribution is 5.39. The zero-order valence-corrected chi connectivity index (χ0v) is 12.5. The fourth-order valence-electron chi connectivity index (χ4n) is 2.27. The predicted molar refractivity (Wildman–Crippen MR) is 85.8 cm³/mol. The van der Waals surface area contributed by atoms with Crippen LogP contribution >= 0.6 is 0 Å². The van der Waals surface area contributed by atoms with Crippen LogP contribution in [0.25, 0.3) is 0 Å². The van der Waals surface area contributed by atoms with Crippen LogP contribution in [0.1, 0.15) is 24.5 Å². The van der Waals surface area contributed by atoms with Crippen molar-refractivity contribution < 1.29 is 10.0 Å². The second kappa shape index (κ2) is 7.56. The van der Waals surface area contributed by atoms with E-state index >= 15 is 0 Å². The maximum Gasteiger partial charge on any atom is 0.273 e. The highest BCUT2D eigenvalue weighted by Gasteiger charge is 2.12. The lowest BCUT2D eigenvalue weighted by Crippen LogP contribution is -2.26. The van der Waals surface area contributed by atoms with Crippen LogP contribution in [-0.2, 0) is 13.0 Å². The smallest absolute Gasteiger partial charge is 0.273 e. The van der Waals surface area contributed by atoms with Gasteiger partial charge in [-0.2, -0.15) is 0 Å². The van der Waals surface area contributed by atoms with Crippen LogP contribution in [0.2, 0.25) is 0 Å². The first-order chi connectivity index (χ1) is 10.6. The minimum Gasteiger partial charge on any atom is -0.508 e. The Kier molecular flexibility index (Phi) is 5.49. The van der Waals surface area contributed by atoms with E-state index in [2.05, 4.69) is 12.2 Å². The summed E-state index contributed by atoms with van der Waals surface area (Å²) in [6.07, 6.45) is 1.82. The third-order valence-electron chi connectivity index (χ3n) is 3.63. The summed E-state index contributed by atoms with van der Waals surface area (Å²) in [7, 11) is 0. The topological polar surface area (TPSA) is 75.4 Å². The molecule has 5 nitrogen and oxygen atoms in total. The molecule has 1 unspecified atom stereocenters. The van der Waals surface area contributed by atoms with E-state index in [1.165, 1.54) is 6.07 Å². The SMILES string of the molecule is CC(CCc1ccc(O)cc1)NCc1ccccc1[N+](=O)[O-]. The number of aromatic hydroxyl groups is 1. The number of hydrogen-bond acceptors (Lipinski definition) is 4. The lowest BCUT2D eigenvalue weighted by atomic mass is 10.1. The van der Waals surface area contributed by atoms with Gasteiger partial charge in [0.2, 0.25) is 0 Å². The summed E-state index contributed by atoms with van der Waals surface area (Å²) in [5.74, 6) is 0.270. The van der Waals surface area contributed by atoms with Crippen LogP contribution in [-0.4, -0.2) is 16.1 Å². The molecule has 5 heteroatoms. The van der Waals surface area contributed by atoms with Crippen LogP contribution in [0.3, 0.4) is 0 Å². The largest absolute Gasteiger partial charge is 0.508 e. The molecule has 0 aliphatic rings. The molecule has 0 spiro atoms. The fraction of sp³-hybridized carbons (Fsp3) is 0.294. The molecular formula is C17H20N2O3. The Labute approximate surface area is 129 Å². The van der Waals surface area contributed by atoms with Gasteiger partial charge < -0.3 is 10.4 Å². The van der Waals surface area contributed by atoms with Gasteiger partial charge in [-0.1, -0.05) is 30.3 Å². The number of benzene rings is 2. The number of phenolic OH excluding ortho intramolecular Hbond substituents is 1. The van der Waals surface area contributed by atoms with E-state index in [-0.39, 0.29) is 22.4 Å². The monoisotopic (exact) mass is 300 g/mol. The number of nitro benzene ring substituents is 1. The highest BCUT2D eigenvalue weighted by atomic mass is 16.6. The van der Waals surface area contributed by atoms with Gasteiger partial charge in [0, 0.05) is 24.2 Å². The number of phenols is 1. The first kappa shape index (κ1) is 16.0. The lowest BCUT2D eigenvalue weighted by Gasteiger charge is -2.14. The molecule has 22 heavy (non-hydrogen) atoms. The van der Waals surface area contributed by atoms with Gasteiger partial charge in [-0.05, 0) is 37.5 Å². The first-order valence-electron chi connectivity index (χ1n) is 7.30. The van der Waals surface area contributed by atoms with Gasteiger partial charge in [0.25, 0.3) is 5.69 Å². The van der Waals surface area contributed by atoms with E-state index < -0.39 is 0 Å². The minimum absolute atomic E-state index is 0.153. The molecule has 0 bridgehead atoms. The van der Waals surface area contributed by atoms with E-state index in [0.29, 0.717) is 12.1 Å². The molecule has 0 amide bonds. The number of hydrogen-bond donors (Lipinski definition) is 2. The highest BCUT2D eigenvalue weighted by Crippen LogP contribution is 2.18. The first-order valence-corrected chi connectivity index (χ1v) is 7.30. The molecule has 1 atom stereocenters. The van der Waals surface area contributed by atoms with Gasteiger partial charge in [-0.3, -0.25) is 10.1 Å². The van der Waals surface area contributed by atoms with Gasteiger partial charge in [0.1, 0.15) is 5.75 Å². The Bertz CT molecular complexity index is 626. The summed E-state index contributed by atoms with van der Waals surface area (Å²) in [5, 5.41) is 23.5. The van der Waals surface area contributed by atoms with Crippen molar-refractivity contribution >= 4 is 5.69 Å². The van der Waals surface area contributed by atoms with Gasteiger partial charge in [-0.25, -0.2) is 0 Å². The summed E-state index contributed by atoms with van der Waals surface area (Å²) in [6.45, 7) is 2.54. The Morgan fingerprint density at radius 1 is 1.18 bits per heavy atom. The predicted octanol–water partition coefficient (Wildman–Crippen LogP) is 3.41. The fourth-order valence-corrected chi connectivity index (χ4v) is 2.27. The molecule has 2 N–H and O–H groups in total. The molecule has 2 aromatic rings. The van der Waals surface area contributed by atoms with E-state index in [4.69, 9.17) is 0 Å². The molecule has 0 radical (unpaired) electrons. The molecule has 0 fully saturated rings. The van der Waals surface area contributed by atoms with Crippen molar-refractivity contribution in [1.82, 2.24) is 5.32 Å². The average molecular weight is 300 g/mol. The molecule has 0 aliphatic heterocycles. The number of nitrogens with one attached hydrogen (secondary N) is 1. The maximum absolute atomic E-state index is 11.0. The van der Waals surface area contributed by atoms with Gasteiger partial charge in [0.15, 0.2) is 0 Å². The quantitative estimate of drug-likeness (QED) is 0.607. The van der Waals surface area contributed by atoms with Crippen LogP contribution in [0.15, 0.2) is 48.5 Å². The molecule has 2 rings (SSSR count). The molecule has 0 aliphatic carbocycles. The number of rotatable bonds is 7. The van der Waals surface area contributed by atoms with Crippen LogP contribution < -0.4 is 5.32 Å². The molecule has 0 aromatic heterocycles. The number of nitro groups is 1. The standard InChI is InChI=1S/C17H20N2O3/c1-13(6-7-14-8-10-16(20)11-9-14)18-12-15-4-2-3-5-17(15)19(21)22/h2-5,8-11,13,18,20H,6-7,12H2,1H3. The molecule has 0 heterocycles. The normalized spacial score (nSPS) is 12.0. The van der Waals surface area contributed by atoms with Crippen molar-refractivity contribution in [2.45, 2.75) is 32.4 Å². The summed E-state index contributed by atoms with van der Waals surface area (Å²) in [6, 6.07) is 14.2. The van der Waals surface area contributed by atoms with Crippen molar-refractivity contribution in [3.8, 4) is 5.75 Å². The van der Waals surface area contributed by atoms with E-state index in [1.54, 1.807) is 24.3 Å². The second-order valence-electron chi connectivity index (χ2n) is 5.37. The summed E-state index contributed by atoms with van der Waals surface area (Å²) >= 11 is 0. The Balaban J connectivity index is 1.84. The van der Waals surface area contributed by atoms with Crippen LogP contribution in [0, 0.1) is 10.1 Å². The average Bonchev–Trinajstić information content (AvgIpc) is 2.52. The van der Waals surface area contributed by atoms with Gasteiger partial charge in [0.05, 0.1) is 4.92 Å².